The van der Waals surface area contributed by atoms with Gasteiger partial charge in [0.2, 0.25) is 0 Å². The van der Waals surface area contributed by atoms with Crippen LogP contribution in [0.4, 0.5) is 4.39 Å². The average molecular weight is 377 g/mol. The van der Waals surface area contributed by atoms with E-state index >= 15 is 0 Å². The fourth-order valence-electron chi connectivity index (χ4n) is 7.07. The van der Waals surface area contributed by atoms with Gasteiger partial charge in [-0.2, -0.15) is 0 Å². The first-order valence-electron chi connectivity index (χ1n) is 10.5. The third kappa shape index (κ3) is 2.80. The Kier molecular flexibility index (Phi) is 4.73. The zero-order chi connectivity index (χ0) is 19.4. The second-order valence-corrected chi connectivity index (χ2v) is 9.80. The molecule has 4 aliphatic carbocycles. The van der Waals surface area contributed by atoms with Crippen molar-refractivity contribution in [2.24, 2.45) is 45.4 Å². The van der Waals surface area contributed by atoms with Crippen LogP contribution in [-0.4, -0.2) is 30.8 Å². The Hall–Kier alpha value is -1.23. The Bertz CT molecular complexity index is 677. The third-order valence-electron chi connectivity index (χ3n) is 8.56. The molecule has 0 heterocycles. The summed E-state index contributed by atoms with van der Waals surface area (Å²) in [5, 5.41) is 4.32. The Morgan fingerprint density at radius 2 is 2.07 bits per heavy atom. The molecule has 4 rings (SSSR count). The van der Waals surface area contributed by atoms with Gasteiger partial charge < -0.3 is 10.6 Å². The van der Waals surface area contributed by atoms with E-state index in [1.807, 2.05) is 6.92 Å². The number of carbonyl (C=O) groups is 1. The molecule has 7 unspecified atom stereocenters. The number of fused-ring (bicyclic) bond motifs is 5. The summed E-state index contributed by atoms with van der Waals surface area (Å²) in [6, 6.07) is 0. The second-order valence-electron chi connectivity index (χ2n) is 9.80. The summed E-state index contributed by atoms with van der Waals surface area (Å²) < 4.78 is 14.3. The van der Waals surface area contributed by atoms with Crippen LogP contribution in [0.5, 0.6) is 0 Å². The molecule has 0 radical (unpaired) electrons. The van der Waals surface area contributed by atoms with Gasteiger partial charge in [-0.1, -0.05) is 31.2 Å². The molecule has 0 aliphatic heterocycles. The zero-order valence-electron chi connectivity index (χ0n) is 16.7. The highest BCUT2D eigenvalue weighted by Crippen LogP contribution is 2.66. The molecule has 0 aromatic heterocycles. The predicted molar refractivity (Wildman–Crippen MR) is 104 cm³/mol. The van der Waals surface area contributed by atoms with Crippen molar-refractivity contribution in [3.63, 3.8) is 0 Å². The van der Waals surface area contributed by atoms with E-state index in [2.05, 4.69) is 18.7 Å². The number of nitrogens with two attached hydrogens (primary N) is 1. The summed E-state index contributed by atoms with van der Waals surface area (Å²) in [7, 11) is 0. The van der Waals surface area contributed by atoms with Gasteiger partial charge in [-0.3, -0.25) is 4.79 Å². The zero-order valence-corrected chi connectivity index (χ0v) is 16.7. The molecule has 7 atom stereocenters. The number of rotatable bonds is 3. The Morgan fingerprint density at radius 1 is 1.30 bits per heavy atom. The Labute approximate surface area is 161 Å². The lowest BCUT2D eigenvalue weighted by Crippen LogP contribution is -2.54. The van der Waals surface area contributed by atoms with E-state index in [9.17, 15) is 9.18 Å². The fourth-order valence-corrected chi connectivity index (χ4v) is 7.07. The molecular weight excluding hydrogens is 343 g/mol. The standard InChI is InChI=1S/C22H33FN2O2/c1-13-10-15-16(5-7-22(3)18(15)12-19(23)20(22)26)21(2)6-4-14(11-17(13)21)25-27-9-8-24/h15-19H,1,4-12,24H2,2-3H3/b25-14+. The van der Waals surface area contributed by atoms with Crippen molar-refractivity contribution in [3.8, 4) is 0 Å². The predicted octanol–water partition coefficient (Wildman–Crippen LogP) is 4.04. The number of carbonyl (C=O) groups excluding carboxylic acids is 1. The minimum absolute atomic E-state index is 0.140. The number of ketones is 1. The quantitative estimate of drug-likeness (QED) is 0.459. The largest absolute Gasteiger partial charge is 0.395 e. The first-order chi connectivity index (χ1) is 12.8. The highest BCUT2D eigenvalue weighted by molar-refractivity contribution is 5.91. The van der Waals surface area contributed by atoms with Crippen molar-refractivity contribution in [1.82, 2.24) is 0 Å². The van der Waals surface area contributed by atoms with E-state index in [0.29, 0.717) is 37.3 Å². The van der Waals surface area contributed by atoms with Crippen LogP contribution in [0.15, 0.2) is 17.3 Å². The number of hydrogen-bond acceptors (Lipinski definition) is 4. The SMILES string of the molecule is C=C1CC2C3CC(F)C(=O)C3(C)CCC2C2(C)CC/C(=N\OCCN)CC12. The van der Waals surface area contributed by atoms with Crippen LogP contribution in [0.1, 0.15) is 58.8 Å². The van der Waals surface area contributed by atoms with Gasteiger partial charge in [0.25, 0.3) is 0 Å². The summed E-state index contributed by atoms with van der Waals surface area (Å²) in [5.74, 6) is 1.40. The maximum absolute atomic E-state index is 14.3. The lowest BCUT2D eigenvalue weighted by atomic mass is 9.44. The van der Waals surface area contributed by atoms with E-state index < -0.39 is 11.6 Å². The van der Waals surface area contributed by atoms with E-state index in [0.717, 1.165) is 44.2 Å². The van der Waals surface area contributed by atoms with E-state index in [1.165, 1.54) is 5.57 Å². The average Bonchev–Trinajstić information content (AvgIpc) is 2.87. The van der Waals surface area contributed by atoms with Crippen LogP contribution in [0.2, 0.25) is 0 Å². The molecule has 2 N–H and O–H groups in total. The van der Waals surface area contributed by atoms with Crippen LogP contribution in [0.25, 0.3) is 0 Å². The molecule has 0 bridgehead atoms. The molecule has 0 saturated heterocycles. The van der Waals surface area contributed by atoms with Gasteiger partial charge in [-0.05, 0) is 74.0 Å². The number of hydrogen-bond donors (Lipinski definition) is 1. The molecular formula is C22H33FN2O2. The molecule has 4 nitrogen and oxygen atoms in total. The van der Waals surface area contributed by atoms with Crippen LogP contribution in [-0.2, 0) is 9.63 Å². The van der Waals surface area contributed by atoms with Crippen molar-refractivity contribution in [1.29, 1.82) is 0 Å². The molecule has 4 saturated carbocycles. The minimum atomic E-state index is -1.26. The molecule has 4 fully saturated rings. The van der Waals surface area contributed by atoms with Crippen molar-refractivity contribution >= 4 is 11.5 Å². The topological polar surface area (TPSA) is 64.7 Å². The van der Waals surface area contributed by atoms with Crippen LogP contribution >= 0.6 is 0 Å². The van der Waals surface area contributed by atoms with Gasteiger partial charge in [0, 0.05) is 12.0 Å². The van der Waals surface area contributed by atoms with Crippen LogP contribution in [0, 0.1) is 34.5 Å². The Balaban J connectivity index is 1.58. The van der Waals surface area contributed by atoms with Crippen molar-refractivity contribution in [2.45, 2.75) is 65.0 Å². The van der Waals surface area contributed by atoms with Gasteiger partial charge in [0.05, 0.1) is 5.71 Å². The van der Waals surface area contributed by atoms with Gasteiger partial charge in [-0.15, -0.1) is 0 Å². The number of allylic oxidation sites excluding steroid dienone is 1. The number of nitrogens with zero attached hydrogens (tertiary/aromatic N) is 1. The number of alkyl halides is 1. The normalized spacial score (nSPS) is 48.1. The molecule has 5 heteroatoms. The highest BCUT2D eigenvalue weighted by Gasteiger charge is 2.63. The number of oxime groups is 1. The molecule has 150 valence electrons. The van der Waals surface area contributed by atoms with Gasteiger partial charge >= 0.3 is 0 Å². The minimum Gasteiger partial charge on any atom is -0.395 e. The fraction of sp³-hybridized carbons (Fsp3) is 0.818. The number of Topliss-reactive ketones (excluding diaryl/α,β-unsaturated/α-hetero) is 1. The molecule has 0 aromatic rings. The summed E-state index contributed by atoms with van der Waals surface area (Å²) in [4.78, 5) is 17.8. The van der Waals surface area contributed by atoms with Gasteiger partial charge in [-0.25, -0.2) is 4.39 Å². The lowest BCUT2D eigenvalue weighted by molar-refractivity contribution is -0.136. The third-order valence-corrected chi connectivity index (χ3v) is 8.56. The van der Waals surface area contributed by atoms with Crippen LogP contribution in [0.3, 0.4) is 0 Å². The van der Waals surface area contributed by atoms with Crippen molar-refractivity contribution < 1.29 is 14.0 Å². The maximum atomic E-state index is 14.3. The first kappa shape index (κ1) is 19.1. The molecule has 0 spiro atoms. The van der Waals surface area contributed by atoms with E-state index in [1.54, 1.807) is 0 Å². The van der Waals surface area contributed by atoms with Crippen molar-refractivity contribution in [3.05, 3.63) is 12.2 Å². The first-order valence-corrected chi connectivity index (χ1v) is 10.5. The highest BCUT2D eigenvalue weighted by atomic mass is 19.1. The second kappa shape index (κ2) is 6.68. The summed E-state index contributed by atoms with van der Waals surface area (Å²) in [6.07, 6.45) is 4.89. The summed E-state index contributed by atoms with van der Waals surface area (Å²) in [5.41, 5.74) is 7.58. The summed E-state index contributed by atoms with van der Waals surface area (Å²) >= 11 is 0. The molecule has 0 aromatic carbocycles. The van der Waals surface area contributed by atoms with Gasteiger partial charge in [0.15, 0.2) is 12.0 Å². The van der Waals surface area contributed by atoms with Gasteiger partial charge in [0.1, 0.15) is 6.61 Å². The molecule has 4 aliphatic rings. The monoisotopic (exact) mass is 376 g/mol. The van der Waals surface area contributed by atoms with E-state index in [-0.39, 0.29) is 17.1 Å². The summed E-state index contributed by atoms with van der Waals surface area (Å²) in [6.45, 7) is 9.80. The molecule has 27 heavy (non-hydrogen) atoms. The number of halogens is 1. The smallest absolute Gasteiger partial charge is 0.173 e. The van der Waals surface area contributed by atoms with Crippen LogP contribution < -0.4 is 5.73 Å². The lowest BCUT2D eigenvalue weighted by Gasteiger charge is -2.60. The Morgan fingerprint density at radius 3 is 2.81 bits per heavy atom. The van der Waals surface area contributed by atoms with E-state index in [4.69, 9.17) is 10.6 Å². The molecule has 0 amide bonds. The van der Waals surface area contributed by atoms with Crippen molar-refractivity contribution in [2.75, 3.05) is 13.2 Å². The maximum Gasteiger partial charge on any atom is 0.173 e.